The Hall–Kier alpha value is -3.44. The van der Waals surface area contributed by atoms with E-state index in [1.54, 1.807) is 18.2 Å². The van der Waals surface area contributed by atoms with Gasteiger partial charge in [0.05, 0.1) is 16.9 Å². The van der Waals surface area contributed by atoms with Crippen LogP contribution < -0.4 is 4.74 Å². The number of carbonyl (C=O) groups is 1. The Morgan fingerprint density at radius 3 is 2.35 bits per heavy atom. The number of non-ortho nitro benzene ring substituents is 1. The first-order valence-electron chi connectivity index (χ1n) is 9.31. The standard InChI is InChI=1S/C20H21N3O7S/c1-30-19-14-15(2-8-18(19)24)3-9-20(25)21-10-12-22(13-11-21)31(28,29)17-6-4-16(5-7-17)23(26)27/h2-9,14,24H,10-13H2,1H3/b9-3+. The van der Waals surface area contributed by atoms with E-state index in [0.29, 0.717) is 11.3 Å². The predicted octanol–water partition coefficient (Wildman–Crippen LogP) is 1.86. The summed E-state index contributed by atoms with van der Waals surface area (Å²) in [6, 6.07) is 9.40. The van der Waals surface area contributed by atoms with E-state index in [4.69, 9.17) is 4.74 Å². The van der Waals surface area contributed by atoms with Gasteiger partial charge in [-0.1, -0.05) is 6.07 Å². The molecule has 3 rings (SSSR count). The summed E-state index contributed by atoms with van der Waals surface area (Å²) in [7, 11) is -2.38. The van der Waals surface area contributed by atoms with Crippen LogP contribution in [0.1, 0.15) is 5.56 Å². The number of nitro benzene ring substituents is 1. The molecule has 1 N–H and O–H groups in total. The summed E-state index contributed by atoms with van der Waals surface area (Å²) < 4.78 is 31.8. The molecule has 1 aliphatic heterocycles. The Balaban J connectivity index is 1.62. The first-order chi connectivity index (χ1) is 14.7. The van der Waals surface area contributed by atoms with Crippen molar-refractivity contribution in [3.05, 3.63) is 64.2 Å². The number of phenolic OH excluding ortho intramolecular Hbond substituents is 1. The van der Waals surface area contributed by atoms with Gasteiger partial charge in [0.15, 0.2) is 11.5 Å². The molecule has 0 radical (unpaired) electrons. The highest BCUT2D eigenvalue weighted by Crippen LogP contribution is 2.27. The van der Waals surface area contributed by atoms with Crippen molar-refractivity contribution in [1.29, 1.82) is 0 Å². The minimum Gasteiger partial charge on any atom is -0.504 e. The van der Waals surface area contributed by atoms with Crippen molar-refractivity contribution in [3.8, 4) is 11.5 Å². The molecule has 2 aromatic carbocycles. The number of aromatic hydroxyl groups is 1. The smallest absolute Gasteiger partial charge is 0.269 e. The van der Waals surface area contributed by atoms with E-state index in [1.807, 2.05) is 0 Å². The number of amides is 1. The number of ether oxygens (including phenoxy) is 1. The van der Waals surface area contributed by atoms with Gasteiger partial charge in [-0.25, -0.2) is 8.42 Å². The van der Waals surface area contributed by atoms with Crippen LogP contribution in [-0.4, -0.2) is 66.8 Å². The zero-order valence-electron chi connectivity index (χ0n) is 16.7. The number of nitrogens with zero attached hydrogens (tertiary/aromatic N) is 3. The number of carbonyl (C=O) groups excluding carboxylic acids is 1. The van der Waals surface area contributed by atoms with Crippen LogP contribution in [0.4, 0.5) is 5.69 Å². The van der Waals surface area contributed by atoms with E-state index < -0.39 is 14.9 Å². The third-order valence-corrected chi connectivity index (χ3v) is 6.77. The summed E-state index contributed by atoms with van der Waals surface area (Å²) in [6.45, 7) is 0.667. The van der Waals surface area contributed by atoms with Crippen molar-refractivity contribution >= 4 is 27.7 Å². The van der Waals surface area contributed by atoms with Crippen molar-refractivity contribution in [3.63, 3.8) is 0 Å². The molecular weight excluding hydrogens is 426 g/mol. The quantitative estimate of drug-likeness (QED) is 0.406. The van der Waals surface area contributed by atoms with Crippen LogP contribution in [0, 0.1) is 10.1 Å². The van der Waals surface area contributed by atoms with Gasteiger partial charge in [-0.05, 0) is 35.9 Å². The number of phenols is 1. The molecule has 0 bridgehead atoms. The van der Waals surface area contributed by atoms with Gasteiger partial charge in [-0.15, -0.1) is 0 Å². The van der Waals surface area contributed by atoms with E-state index in [-0.39, 0.29) is 48.4 Å². The SMILES string of the molecule is COc1cc(/C=C/C(=O)N2CCN(S(=O)(=O)c3ccc([N+](=O)[O-])cc3)CC2)ccc1O. The summed E-state index contributed by atoms with van der Waals surface area (Å²) in [4.78, 5) is 24.1. The number of piperazine rings is 1. The number of rotatable bonds is 6. The second kappa shape index (κ2) is 9.14. The molecule has 31 heavy (non-hydrogen) atoms. The Kier molecular flexibility index (Phi) is 6.56. The summed E-state index contributed by atoms with van der Waals surface area (Å²) in [5, 5.41) is 20.4. The molecule has 1 fully saturated rings. The average molecular weight is 447 g/mol. The van der Waals surface area contributed by atoms with Crippen LogP contribution in [0.3, 0.4) is 0 Å². The second-order valence-corrected chi connectivity index (χ2v) is 8.68. The van der Waals surface area contributed by atoms with Gasteiger partial charge in [0.1, 0.15) is 0 Å². The average Bonchev–Trinajstić information content (AvgIpc) is 2.78. The molecule has 0 aromatic heterocycles. The Bertz CT molecular complexity index is 1110. The van der Waals surface area contributed by atoms with E-state index in [2.05, 4.69) is 0 Å². The maximum atomic E-state index is 12.7. The van der Waals surface area contributed by atoms with Crippen LogP contribution in [0.2, 0.25) is 0 Å². The lowest BCUT2D eigenvalue weighted by molar-refractivity contribution is -0.384. The van der Waals surface area contributed by atoms with Crippen molar-refractivity contribution in [2.45, 2.75) is 4.90 Å². The molecule has 0 aliphatic carbocycles. The van der Waals surface area contributed by atoms with Crippen LogP contribution in [0.5, 0.6) is 11.5 Å². The maximum Gasteiger partial charge on any atom is 0.269 e. The molecule has 2 aromatic rings. The highest BCUT2D eigenvalue weighted by Gasteiger charge is 2.29. The molecule has 1 heterocycles. The predicted molar refractivity (Wildman–Crippen MR) is 112 cm³/mol. The van der Waals surface area contributed by atoms with E-state index in [1.165, 1.54) is 40.6 Å². The highest BCUT2D eigenvalue weighted by atomic mass is 32.2. The minimum absolute atomic E-state index is 0.00340. The van der Waals surface area contributed by atoms with Gasteiger partial charge in [-0.3, -0.25) is 14.9 Å². The minimum atomic E-state index is -3.80. The van der Waals surface area contributed by atoms with E-state index in [9.17, 15) is 28.4 Å². The van der Waals surface area contributed by atoms with Gasteiger partial charge in [-0.2, -0.15) is 4.31 Å². The lowest BCUT2D eigenvalue weighted by Gasteiger charge is -2.33. The molecule has 0 atom stereocenters. The fraction of sp³-hybridized carbons (Fsp3) is 0.250. The molecule has 0 unspecified atom stereocenters. The maximum absolute atomic E-state index is 12.7. The lowest BCUT2D eigenvalue weighted by atomic mass is 10.2. The summed E-state index contributed by atoms with van der Waals surface area (Å²) in [6.07, 6.45) is 2.97. The van der Waals surface area contributed by atoms with E-state index >= 15 is 0 Å². The number of hydrogen-bond acceptors (Lipinski definition) is 7. The Labute approximate surface area is 179 Å². The second-order valence-electron chi connectivity index (χ2n) is 6.75. The van der Waals surface area contributed by atoms with Crippen LogP contribution in [0.25, 0.3) is 6.08 Å². The Morgan fingerprint density at radius 2 is 1.77 bits per heavy atom. The molecule has 0 spiro atoms. The van der Waals surface area contributed by atoms with Crippen LogP contribution in [-0.2, 0) is 14.8 Å². The normalized spacial score (nSPS) is 15.2. The van der Waals surface area contributed by atoms with Crippen molar-refractivity contribution < 1.29 is 28.0 Å². The third-order valence-electron chi connectivity index (χ3n) is 4.86. The zero-order valence-corrected chi connectivity index (χ0v) is 17.5. The van der Waals surface area contributed by atoms with Crippen LogP contribution >= 0.6 is 0 Å². The molecule has 10 nitrogen and oxygen atoms in total. The molecule has 1 saturated heterocycles. The van der Waals surface area contributed by atoms with E-state index in [0.717, 1.165) is 12.1 Å². The van der Waals surface area contributed by atoms with Gasteiger partial charge in [0.25, 0.3) is 5.69 Å². The largest absolute Gasteiger partial charge is 0.504 e. The number of benzene rings is 2. The zero-order chi connectivity index (χ0) is 22.6. The number of nitro groups is 1. The number of sulfonamides is 1. The molecule has 0 saturated carbocycles. The first-order valence-corrected chi connectivity index (χ1v) is 10.7. The van der Waals surface area contributed by atoms with Gasteiger partial charge >= 0.3 is 0 Å². The monoisotopic (exact) mass is 447 g/mol. The summed E-state index contributed by atoms with van der Waals surface area (Å²) >= 11 is 0. The summed E-state index contributed by atoms with van der Waals surface area (Å²) in [5.41, 5.74) is 0.481. The van der Waals surface area contributed by atoms with Gasteiger partial charge < -0.3 is 14.7 Å². The molecular formula is C20H21N3O7S. The van der Waals surface area contributed by atoms with Crippen molar-refractivity contribution in [1.82, 2.24) is 9.21 Å². The molecule has 11 heteroatoms. The first kappa shape index (κ1) is 22.2. The molecule has 1 amide bonds. The van der Waals surface area contributed by atoms with Gasteiger partial charge in [0, 0.05) is 44.4 Å². The van der Waals surface area contributed by atoms with Crippen molar-refractivity contribution in [2.24, 2.45) is 0 Å². The molecule has 164 valence electrons. The lowest BCUT2D eigenvalue weighted by Crippen LogP contribution is -2.50. The summed E-state index contributed by atoms with van der Waals surface area (Å²) in [5.74, 6) is 0.0235. The fourth-order valence-corrected chi connectivity index (χ4v) is 4.53. The number of methoxy groups -OCH3 is 1. The fourth-order valence-electron chi connectivity index (χ4n) is 3.11. The molecule has 1 aliphatic rings. The van der Waals surface area contributed by atoms with Gasteiger partial charge in [0.2, 0.25) is 15.9 Å². The third kappa shape index (κ3) is 5.01. The number of hydrogen-bond donors (Lipinski definition) is 1. The van der Waals surface area contributed by atoms with Crippen LogP contribution in [0.15, 0.2) is 53.4 Å². The van der Waals surface area contributed by atoms with Crippen molar-refractivity contribution in [2.75, 3.05) is 33.3 Å². The highest BCUT2D eigenvalue weighted by molar-refractivity contribution is 7.89. The topological polar surface area (TPSA) is 130 Å². The Morgan fingerprint density at radius 1 is 1.13 bits per heavy atom.